The summed E-state index contributed by atoms with van der Waals surface area (Å²) in [6.07, 6.45) is 8.15. The molecule has 1 heterocycles. The van der Waals surface area contributed by atoms with Crippen LogP contribution in [0.2, 0.25) is 0 Å². The van der Waals surface area contributed by atoms with E-state index < -0.39 is 0 Å². The second kappa shape index (κ2) is 8.66. The topological polar surface area (TPSA) is 32.3 Å². The summed E-state index contributed by atoms with van der Waals surface area (Å²) in [5.41, 5.74) is 1.26. The molecular weight excluding hydrogens is 296 g/mol. The highest BCUT2D eigenvalue weighted by molar-refractivity contribution is 5.76. The minimum atomic E-state index is 0.187. The Morgan fingerprint density at radius 1 is 1.12 bits per heavy atom. The average molecular weight is 329 g/mol. The first-order valence-corrected chi connectivity index (χ1v) is 9.79. The summed E-state index contributed by atoms with van der Waals surface area (Å²) in [5, 5.41) is 3.41. The van der Waals surface area contributed by atoms with E-state index in [4.69, 9.17) is 0 Å². The van der Waals surface area contributed by atoms with Gasteiger partial charge in [0, 0.05) is 13.0 Å². The molecule has 1 saturated heterocycles. The van der Waals surface area contributed by atoms with E-state index in [-0.39, 0.29) is 6.04 Å². The van der Waals surface area contributed by atoms with Crippen molar-refractivity contribution >= 4 is 5.91 Å². The summed E-state index contributed by atoms with van der Waals surface area (Å²) < 4.78 is 0. The molecule has 2 aliphatic rings. The van der Waals surface area contributed by atoms with Crippen molar-refractivity contribution in [2.45, 2.75) is 57.9 Å². The van der Waals surface area contributed by atoms with Crippen LogP contribution in [0.5, 0.6) is 0 Å². The Hall–Kier alpha value is -1.35. The van der Waals surface area contributed by atoms with Crippen LogP contribution in [0.1, 0.15) is 63.5 Å². The molecule has 3 nitrogen and oxygen atoms in total. The third kappa shape index (κ3) is 4.60. The normalized spacial score (nSPS) is 20.4. The summed E-state index contributed by atoms with van der Waals surface area (Å²) in [4.78, 5) is 15.2. The van der Waals surface area contributed by atoms with Gasteiger partial charge in [-0.15, -0.1) is 0 Å². The van der Waals surface area contributed by atoms with E-state index >= 15 is 0 Å². The molecule has 3 heteroatoms. The monoisotopic (exact) mass is 328 g/mol. The van der Waals surface area contributed by atoms with Crippen LogP contribution < -0.4 is 5.32 Å². The van der Waals surface area contributed by atoms with Crippen molar-refractivity contribution in [1.82, 2.24) is 10.2 Å². The SMILES string of the molecule is CC(c1ccccc1)N(CC1CCC1)C(=O)CCC1CCNCC1. The van der Waals surface area contributed by atoms with Crippen molar-refractivity contribution in [2.75, 3.05) is 19.6 Å². The summed E-state index contributed by atoms with van der Waals surface area (Å²) in [5.74, 6) is 1.81. The van der Waals surface area contributed by atoms with E-state index in [0.717, 1.165) is 37.9 Å². The number of rotatable bonds is 7. The lowest BCUT2D eigenvalue weighted by Crippen LogP contribution is -2.39. The van der Waals surface area contributed by atoms with Crippen molar-refractivity contribution in [2.24, 2.45) is 11.8 Å². The van der Waals surface area contributed by atoms with Crippen LogP contribution in [0.25, 0.3) is 0 Å². The standard InChI is InChI=1S/C21H32N2O/c1-17(20-8-3-2-4-9-20)23(16-19-6-5-7-19)21(24)11-10-18-12-14-22-15-13-18/h2-4,8-9,17-19,22H,5-7,10-16H2,1H3. The molecule has 3 rings (SSSR count). The van der Waals surface area contributed by atoms with Gasteiger partial charge in [0.25, 0.3) is 0 Å². The van der Waals surface area contributed by atoms with Gasteiger partial charge in [-0.25, -0.2) is 0 Å². The van der Waals surface area contributed by atoms with Crippen molar-refractivity contribution in [3.05, 3.63) is 35.9 Å². The molecule has 1 atom stereocenters. The van der Waals surface area contributed by atoms with Crippen LogP contribution in [0.15, 0.2) is 30.3 Å². The fraction of sp³-hybridized carbons (Fsp3) is 0.667. The van der Waals surface area contributed by atoms with Crippen LogP contribution in [0.4, 0.5) is 0 Å². The van der Waals surface area contributed by atoms with Gasteiger partial charge < -0.3 is 10.2 Å². The number of amides is 1. The molecule has 1 aliphatic carbocycles. The number of nitrogens with one attached hydrogen (secondary N) is 1. The lowest BCUT2D eigenvalue weighted by Gasteiger charge is -2.36. The van der Waals surface area contributed by atoms with Gasteiger partial charge in [0.1, 0.15) is 0 Å². The van der Waals surface area contributed by atoms with E-state index in [1.54, 1.807) is 0 Å². The van der Waals surface area contributed by atoms with Crippen molar-refractivity contribution in [1.29, 1.82) is 0 Å². The maximum atomic E-state index is 13.0. The summed E-state index contributed by atoms with van der Waals surface area (Å²) in [7, 11) is 0. The molecule has 1 aromatic rings. The number of benzene rings is 1. The van der Waals surface area contributed by atoms with Crippen LogP contribution in [0, 0.1) is 11.8 Å². The van der Waals surface area contributed by atoms with Crippen molar-refractivity contribution in [3.63, 3.8) is 0 Å². The maximum Gasteiger partial charge on any atom is 0.223 e. The summed E-state index contributed by atoms with van der Waals surface area (Å²) in [6.45, 7) is 5.37. The quantitative estimate of drug-likeness (QED) is 0.815. The Morgan fingerprint density at radius 2 is 1.83 bits per heavy atom. The third-order valence-corrected chi connectivity index (χ3v) is 5.97. The Bertz CT molecular complexity index is 506. The molecule has 2 fully saturated rings. The van der Waals surface area contributed by atoms with Gasteiger partial charge >= 0.3 is 0 Å². The molecule has 0 aromatic heterocycles. The second-order valence-corrected chi connectivity index (χ2v) is 7.66. The lowest BCUT2D eigenvalue weighted by molar-refractivity contribution is -0.135. The van der Waals surface area contributed by atoms with E-state index in [9.17, 15) is 4.79 Å². The highest BCUT2D eigenvalue weighted by Gasteiger charge is 2.28. The highest BCUT2D eigenvalue weighted by Crippen LogP contribution is 2.31. The minimum Gasteiger partial charge on any atom is -0.336 e. The minimum absolute atomic E-state index is 0.187. The molecule has 1 N–H and O–H groups in total. The number of piperidine rings is 1. The van der Waals surface area contributed by atoms with Crippen LogP contribution in [-0.4, -0.2) is 30.4 Å². The summed E-state index contributed by atoms with van der Waals surface area (Å²) >= 11 is 0. The van der Waals surface area contributed by atoms with E-state index in [1.165, 1.54) is 37.7 Å². The maximum absolute atomic E-state index is 13.0. The molecule has 1 aromatic carbocycles. The predicted molar refractivity (Wildman–Crippen MR) is 98.7 cm³/mol. The smallest absolute Gasteiger partial charge is 0.223 e. The Kier molecular flexibility index (Phi) is 6.30. The molecule has 1 aliphatic heterocycles. The fourth-order valence-electron chi connectivity index (χ4n) is 3.98. The van der Waals surface area contributed by atoms with Gasteiger partial charge in [-0.3, -0.25) is 4.79 Å². The Morgan fingerprint density at radius 3 is 2.46 bits per heavy atom. The number of carbonyl (C=O) groups is 1. The first-order valence-electron chi connectivity index (χ1n) is 9.79. The molecule has 0 spiro atoms. The molecule has 1 unspecified atom stereocenters. The summed E-state index contributed by atoms with van der Waals surface area (Å²) in [6, 6.07) is 10.7. The van der Waals surface area contributed by atoms with Crippen molar-refractivity contribution in [3.8, 4) is 0 Å². The average Bonchev–Trinajstić information content (AvgIpc) is 2.60. The molecule has 0 radical (unpaired) electrons. The number of carbonyl (C=O) groups excluding carboxylic acids is 1. The van der Waals surface area contributed by atoms with Crippen LogP contribution >= 0.6 is 0 Å². The first-order chi connectivity index (χ1) is 11.7. The number of hydrogen-bond acceptors (Lipinski definition) is 2. The molecule has 1 amide bonds. The molecule has 0 bridgehead atoms. The third-order valence-electron chi connectivity index (χ3n) is 5.97. The molecule has 24 heavy (non-hydrogen) atoms. The zero-order chi connectivity index (χ0) is 16.8. The van der Waals surface area contributed by atoms with Gasteiger partial charge in [-0.1, -0.05) is 36.8 Å². The van der Waals surface area contributed by atoms with Crippen LogP contribution in [-0.2, 0) is 4.79 Å². The highest BCUT2D eigenvalue weighted by atomic mass is 16.2. The Balaban J connectivity index is 1.60. The van der Waals surface area contributed by atoms with Gasteiger partial charge in [-0.2, -0.15) is 0 Å². The van der Waals surface area contributed by atoms with Crippen molar-refractivity contribution < 1.29 is 4.79 Å². The van der Waals surface area contributed by atoms with E-state index in [2.05, 4.69) is 41.4 Å². The molecular formula is C21H32N2O. The van der Waals surface area contributed by atoms with E-state index in [1.807, 2.05) is 6.07 Å². The zero-order valence-corrected chi connectivity index (χ0v) is 15.0. The Labute approximate surface area is 146 Å². The zero-order valence-electron chi connectivity index (χ0n) is 15.0. The molecule has 1 saturated carbocycles. The fourth-order valence-corrected chi connectivity index (χ4v) is 3.98. The van der Waals surface area contributed by atoms with Gasteiger partial charge in [-0.05, 0) is 69.5 Å². The van der Waals surface area contributed by atoms with Gasteiger partial charge in [0.15, 0.2) is 0 Å². The lowest BCUT2D eigenvalue weighted by atomic mass is 9.84. The molecule has 132 valence electrons. The number of nitrogens with zero attached hydrogens (tertiary/aromatic N) is 1. The largest absolute Gasteiger partial charge is 0.336 e. The first kappa shape index (κ1) is 17.5. The van der Waals surface area contributed by atoms with Gasteiger partial charge in [0.2, 0.25) is 5.91 Å². The number of hydrogen-bond donors (Lipinski definition) is 1. The van der Waals surface area contributed by atoms with Gasteiger partial charge in [0.05, 0.1) is 6.04 Å². The second-order valence-electron chi connectivity index (χ2n) is 7.66. The predicted octanol–water partition coefficient (Wildman–Crippen LogP) is 4.16. The van der Waals surface area contributed by atoms with E-state index in [0.29, 0.717) is 12.3 Å². The van der Waals surface area contributed by atoms with Crippen LogP contribution in [0.3, 0.4) is 0 Å².